The Bertz CT molecular complexity index is 586. The third-order valence-electron chi connectivity index (χ3n) is 4.84. The van der Waals surface area contributed by atoms with Gasteiger partial charge in [-0.2, -0.15) is 0 Å². The molecule has 2 aromatic carbocycles. The third-order valence-corrected chi connectivity index (χ3v) is 4.84. The average Bonchev–Trinajstić information content (AvgIpc) is 2.65. The fourth-order valence-electron chi connectivity index (χ4n) is 3.23. The highest BCUT2D eigenvalue weighted by Gasteiger charge is 2.15. The van der Waals surface area contributed by atoms with Crippen molar-refractivity contribution in [1.82, 2.24) is 15.1 Å². The van der Waals surface area contributed by atoms with Crippen molar-refractivity contribution < 1.29 is 0 Å². The van der Waals surface area contributed by atoms with Crippen molar-refractivity contribution in [1.29, 1.82) is 0 Å². The first-order chi connectivity index (χ1) is 11.8. The monoisotopic (exact) mass is 323 g/mol. The first-order valence-corrected chi connectivity index (χ1v) is 9.10. The van der Waals surface area contributed by atoms with E-state index in [1.807, 2.05) is 0 Å². The summed E-state index contributed by atoms with van der Waals surface area (Å²) in [6, 6.07) is 19.6. The number of piperazine rings is 1. The SMILES string of the molecule is CCN1CCN(Cc2ccc(CNCc3ccccc3)cc2)CC1. The van der Waals surface area contributed by atoms with Crippen molar-refractivity contribution in [3.63, 3.8) is 0 Å². The maximum Gasteiger partial charge on any atom is 0.0234 e. The maximum absolute atomic E-state index is 3.51. The Morgan fingerprint density at radius 1 is 0.708 bits per heavy atom. The molecule has 0 unspecified atom stereocenters. The normalized spacial score (nSPS) is 16.4. The second-order valence-electron chi connectivity index (χ2n) is 6.62. The van der Waals surface area contributed by atoms with Gasteiger partial charge in [0, 0.05) is 45.8 Å². The number of nitrogens with one attached hydrogen (secondary N) is 1. The lowest BCUT2D eigenvalue weighted by atomic mass is 10.1. The minimum Gasteiger partial charge on any atom is -0.309 e. The van der Waals surface area contributed by atoms with Crippen LogP contribution in [0.4, 0.5) is 0 Å². The van der Waals surface area contributed by atoms with E-state index in [0.29, 0.717) is 0 Å². The van der Waals surface area contributed by atoms with Crippen LogP contribution in [0.2, 0.25) is 0 Å². The van der Waals surface area contributed by atoms with Crippen LogP contribution >= 0.6 is 0 Å². The zero-order chi connectivity index (χ0) is 16.6. The van der Waals surface area contributed by atoms with Crippen molar-refractivity contribution >= 4 is 0 Å². The highest BCUT2D eigenvalue weighted by Crippen LogP contribution is 2.10. The standard InChI is InChI=1S/C21H29N3/c1-2-23-12-14-24(15-13-23)18-21-10-8-20(9-11-21)17-22-16-19-6-4-3-5-7-19/h3-11,22H,2,12-18H2,1H3. The summed E-state index contributed by atoms with van der Waals surface area (Å²) in [5.74, 6) is 0. The van der Waals surface area contributed by atoms with E-state index in [0.717, 1.165) is 19.6 Å². The molecule has 3 nitrogen and oxygen atoms in total. The summed E-state index contributed by atoms with van der Waals surface area (Å²) in [6.45, 7) is 11.1. The summed E-state index contributed by atoms with van der Waals surface area (Å²) in [5, 5.41) is 3.51. The molecule has 2 aromatic rings. The van der Waals surface area contributed by atoms with Crippen LogP contribution < -0.4 is 5.32 Å². The summed E-state index contributed by atoms with van der Waals surface area (Å²) >= 11 is 0. The first kappa shape index (κ1) is 17.2. The highest BCUT2D eigenvalue weighted by atomic mass is 15.3. The van der Waals surface area contributed by atoms with E-state index in [2.05, 4.69) is 76.6 Å². The van der Waals surface area contributed by atoms with E-state index in [-0.39, 0.29) is 0 Å². The van der Waals surface area contributed by atoms with Gasteiger partial charge >= 0.3 is 0 Å². The van der Waals surface area contributed by atoms with Crippen LogP contribution in [0.3, 0.4) is 0 Å². The number of rotatable bonds is 7. The number of nitrogens with zero attached hydrogens (tertiary/aromatic N) is 2. The van der Waals surface area contributed by atoms with Gasteiger partial charge in [0.2, 0.25) is 0 Å². The minimum atomic E-state index is 0.921. The predicted molar refractivity (Wildman–Crippen MR) is 101 cm³/mol. The van der Waals surface area contributed by atoms with Gasteiger partial charge in [0.25, 0.3) is 0 Å². The molecule has 0 bridgehead atoms. The zero-order valence-corrected chi connectivity index (χ0v) is 14.7. The second-order valence-corrected chi connectivity index (χ2v) is 6.62. The molecule has 0 saturated carbocycles. The highest BCUT2D eigenvalue weighted by molar-refractivity contribution is 5.23. The first-order valence-electron chi connectivity index (χ1n) is 9.10. The van der Waals surface area contributed by atoms with Gasteiger partial charge < -0.3 is 10.2 Å². The lowest BCUT2D eigenvalue weighted by Gasteiger charge is -2.34. The molecule has 1 aliphatic heterocycles. The topological polar surface area (TPSA) is 18.5 Å². The Morgan fingerprint density at radius 2 is 1.25 bits per heavy atom. The lowest BCUT2D eigenvalue weighted by Crippen LogP contribution is -2.45. The molecule has 128 valence electrons. The Hall–Kier alpha value is -1.68. The molecule has 0 spiro atoms. The summed E-state index contributed by atoms with van der Waals surface area (Å²) in [4.78, 5) is 5.09. The van der Waals surface area contributed by atoms with Crippen LogP contribution in [0.1, 0.15) is 23.6 Å². The van der Waals surface area contributed by atoms with E-state index in [9.17, 15) is 0 Å². The molecule has 3 rings (SSSR count). The van der Waals surface area contributed by atoms with Crippen molar-refractivity contribution in [2.75, 3.05) is 32.7 Å². The van der Waals surface area contributed by atoms with Gasteiger partial charge in [-0.1, -0.05) is 61.5 Å². The fourth-order valence-corrected chi connectivity index (χ4v) is 3.23. The van der Waals surface area contributed by atoms with E-state index in [1.165, 1.54) is 49.4 Å². The van der Waals surface area contributed by atoms with Gasteiger partial charge in [-0.25, -0.2) is 0 Å². The smallest absolute Gasteiger partial charge is 0.0234 e. The number of hydrogen-bond donors (Lipinski definition) is 1. The molecule has 1 heterocycles. The van der Waals surface area contributed by atoms with Gasteiger partial charge in [-0.05, 0) is 23.2 Å². The summed E-state index contributed by atoms with van der Waals surface area (Å²) in [5.41, 5.74) is 4.11. The predicted octanol–water partition coefficient (Wildman–Crippen LogP) is 3.11. The molecule has 0 aliphatic carbocycles. The van der Waals surface area contributed by atoms with Gasteiger partial charge in [-0.3, -0.25) is 4.90 Å². The van der Waals surface area contributed by atoms with Crippen molar-refractivity contribution in [2.24, 2.45) is 0 Å². The van der Waals surface area contributed by atoms with Crippen LogP contribution in [0.25, 0.3) is 0 Å². The second kappa shape index (κ2) is 8.97. The molecule has 1 aliphatic rings. The van der Waals surface area contributed by atoms with Crippen LogP contribution in [0, 0.1) is 0 Å². The molecule has 3 heteroatoms. The molecule has 1 N–H and O–H groups in total. The quantitative estimate of drug-likeness (QED) is 0.844. The molecule has 0 amide bonds. The van der Waals surface area contributed by atoms with E-state index in [4.69, 9.17) is 0 Å². The molecule has 1 fully saturated rings. The summed E-state index contributed by atoms with van der Waals surface area (Å²) < 4.78 is 0. The number of hydrogen-bond acceptors (Lipinski definition) is 3. The lowest BCUT2D eigenvalue weighted by molar-refractivity contribution is 0.132. The molecule has 1 saturated heterocycles. The Morgan fingerprint density at radius 3 is 1.88 bits per heavy atom. The summed E-state index contributed by atoms with van der Waals surface area (Å²) in [6.07, 6.45) is 0. The van der Waals surface area contributed by atoms with Gasteiger partial charge in [0.15, 0.2) is 0 Å². The van der Waals surface area contributed by atoms with Gasteiger partial charge in [0.1, 0.15) is 0 Å². The van der Waals surface area contributed by atoms with E-state index < -0.39 is 0 Å². The maximum atomic E-state index is 3.51. The Balaban J connectivity index is 1.42. The molecule has 0 atom stereocenters. The van der Waals surface area contributed by atoms with Gasteiger partial charge in [0.05, 0.1) is 0 Å². The molecular weight excluding hydrogens is 294 g/mol. The average molecular weight is 323 g/mol. The van der Waals surface area contributed by atoms with Crippen LogP contribution in [-0.4, -0.2) is 42.5 Å². The summed E-state index contributed by atoms with van der Waals surface area (Å²) in [7, 11) is 0. The van der Waals surface area contributed by atoms with Crippen molar-refractivity contribution in [2.45, 2.75) is 26.6 Å². The van der Waals surface area contributed by atoms with Crippen LogP contribution in [0.15, 0.2) is 54.6 Å². The van der Waals surface area contributed by atoms with Crippen molar-refractivity contribution in [3.05, 3.63) is 71.3 Å². The molecule has 0 aromatic heterocycles. The zero-order valence-electron chi connectivity index (χ0n) is 14.7. The fraction of sp³-hybridized carbons (Fsp3) is 0.429. The molecule has 0 radical (unpaired) electrons. The molecule has 24 heavy (non-hydrogen) atoms. The largest absolute Gasteiger partial charge is 0.309 e. The van der Waals surface area contributed by atoms with Gasteiger partial charge in [-0.15, -0.1) is 0 Å². The molecular formula is C21H29N3. The minimum absolute atomic E-state index is 0.921. The van der Waals surface area contributed by atoms with E-state index >= 15 is 0 Å². The number of likely N-dealkylation sites (N-methyl/N-ethyl adjacent to an activating group) is 1. The van der Waals surface area contributed by atoms with E-state index in [1.54, 1.807) is 0 Å². The van der Waals surface area contributed by atoms with Crippen molar-refractivity contribution in [3.8, 4) is 0 Å². The Labute approximate surface area is 146 Å². The van der Waals surface area contributed by atoms with Crippen LogP contribution in [-0.2, 0) is 19.6 Å². The Kier molecular flexibility index (Phi) is 6.41. The van der Waals surface area contributed by atoms with Crippen LogP contribution in [0.5, 0.6) is 0 Å². The third kappa shape index (κ3) is 5.17. The number of benzene rings is 2.